The van der Waals surface area contributed by atoms with E-state index in [-0.39, 0.29) is 44.1 Å². The predicted molar refractivity (Wildman–Crippen MR) is 100 cm³/mol. The van der Waals surface area contributed by atoms with Crippen LogP contribution in [0.1, 0.15) is 16.1 Å². The lowest BCUT2D eigenvalue weighted by molar-refractivity contribution is -0.597. The number of aromatic nitrogens is 2. The Morgan fingerprint density at radius 1 is 1.04 bits per heavy atom. The highest BCUT2D eigenvalue weighted by Gasteiger charge is 2.17. The molecule has 0 saturated carbocycles. The first-order valence-electron chi connectivity index (χ1n) is 8.02. The number of benzene rings is 2. The third kappa shape index (κ3) is 4.91. The van der Waals surface area contributed by atoms with Crippen molar-refractivity contribution in [3.63, 3.8) is 0 Å². The molecule has 2 aromatic carbocycles. The third-order valence-electron chi connectivity index (χ3n) is 3.68. The molecule has 0 radical (unpaired) electrons. The molecule has 0 aliphatic carbocycles. The van der Waals surface area contributed by atoms with Crippen LogP contribution in [0.15, 0.2) is 66.9 Å². The fourth-order valence-electron chi connectivity index (χ4n) is 2.42. The highest BCUT2D eigenvalue weighted by atomic mass is 127. The largest absolute Gasteiger partial charge is 1.00 e. The number of rotatable bonds is 4. The molecule has 0 aliphatic rings. The maximum Gasteiger partial charge on any atom is 0.359 e. The Labute approximate surface area is 182 Å². The van der Waals surface area contributed by atoms with E-state index in [1.807, 2.05) is 43.3 Å². The summed E-state index contributed by atoms with van der Waals surface area (Å²) >= 11 is 1.20. The summed E-state index contributed by atoms with van der Waals surface area (Å²) in [5.41, 5.74) is 2.48. The van der Waals surface area contributed by atoms with E-state index in [4.69, 9.17) is 0 Å². The quantitative estimate of drug-likeness (QED) is 0.310. The van der Waals surface area contributed by atoms with Crippen molar-refractivity contribution in [3.05, 3.63) is 85.3 Å². The maximum atomic E-state index is 12.4. The van der Waals surface area contributed by atoms with E-state index in [0.717, 1.165) is 10.2 Å². The normalized spacial score (nSPS) is 10.4. The third-order valence-corrected chi connectivity index (χ3v) is 7.21. The smallest absolute Gasteiger partial charge is 0.359 e. The van der Waals surface area contributed by atoms with Crippen LogP contribution >= 0.6 is 11.3 Å². The molecule has 0 spiro atoms. The predicted octanol–water partition coefficient (Wildman–Crippen LogP) is -1.62. The number of carbonyl (C=O) groups is 1. The van der Waals surface area contributed by atoms with Crippen LogP contribution in [0.3, 0.4) is 0 Å². The number of nitrogens with one attached hydrogen (secondary N) is 1. The van der Waals surface area contributed by atoms with E-state index in [1.54, 1.807) is 12.3 Å². The number of amides is 1. The maximum absolute atomic E-state index is 12.4. The van der Waals surface area contributed by atoms with Crippen LogP contribution in [0.2, 0.25) is 0 Å². The monoisotopic (exact) mass is 551 g/mol. The van der Waals surface area contributed by atoms with E-state index in [1.165, 1.54) is 24.0 Å². The van der Waals surface area contributed by atoms with Gasteiger partial charge in [-0.1, -0.05) is 35.6 Å². The number of halogens is 2. The zero-order chi connectivity index (χ0) is 17.9. The number of pyridine rings is 1. The molecule has 0 saturated heterocycles. The molecule has 0 unspecified atom stereocenters. The zero-order valence-electron chi connectivity index (χ0n) is 14.3. The van der Waals surface area contributed by atoms with Crippen molar-refractivity contribution < 1.29 is 43.0 Å². The van der Waals surface area contributed by atoms with Gasteiger partial charge in [0.15, 0.2) is 8.70 Å². The molecule has 27 heavy (non-hydrogen) atoms. The lowest BCUT2D eigenvalue weighted by Gasteiger charge is -1.99. The summed E-state index contributed by atoms with van der Waals surface area (Å²) < 4.78 is 3.58. The zero-order valence-corrected chi connectivity index (χ0v) is 18.9. The standard InChI is InChI=1S/C20H14IN3OS.BrH/c1-13-7-9-16-18(11-13)26-20(23-16)24-19(25)17-10-8-15(12-22-17)21-14-5-3-2-4-6-14;/h2-12H,1H3;1H. The van der Waals surface area contributed by atoms with Gasteiger partial charge in [-0.2, -0.15) is 0 Å². The topological polar surface area (TPSA) is 54.9 Å². The van der Waals surface area contributed by atoms with Crippen LogP contribution in [0.5, 0.6) is 0 Å². The van der Waals surface area contributed by atoms with Gasteiger partial charge in [-0.15, -0.1) is 0 Å². The molecular weight excluding hydrogens is 537 g/mol. The SMILES string of the molecule is Cc1ccc2nc(NC(=O)c3ccc([I+]c4ccccc4)cn3)sc2c1.[Br-]. The van der Waals surface area contributed by atoms with Crippen molar-refractivity contribution in [3.8, 4) is 0 Å². The molecule has 2 aromatic heterocycles. The van der Waals surface area contributed by atoms with Gasteiger partial charge >= 0.3 is 21.2 Å². The van der Waals surface area contributed by atoms with E-state index < -0.39 is 0 Å². The first-order chi connectivity index (χ1) is 12.7. The molecule has 0 fully saturated rings. The van der Waals surface area contributed by atoms with Gasteiger partial charge in [0.05, 0.1) is 16.4 Å². The van der Waals surface area contributed by atoms with Gasteiger partial charge in [0, 0.05) is 0 Å². The van der Waals surface area contributed by atoms with Crippen LogP contribution in [-0.2, 0) is 0 Å². The summed E-state index contributed by atoms with van der Waals surface area (Å²) in [6.07, 6.45) is 1.80. The number of aryl methyl sites for hydroxylation is 1. The summed E-state index contributed by atoms with van der Waals surface area (Å²) in [6.45, 7) is 2.04. The Hall–Kier alpha value is -1.84. The summed E-state index contributed by atoms with van der Waals surface area (Å²) in [7, 11) is 0. The molecule has 2 heterocycles. The van der Waals surface area contributed by atoms with E-state index >= 15 is 0 Å². The average molecular weight is 552 g/mol. The molecule has 4 rings (SSSR count). The van der Waals surface area contributed by atoms with Crippen molar-refractivity contribution in [2.45, 2.75) is 6.92 Å². The van der Waals surface area contributed by atoms with Crippen molar-refractivity contribution in [1.82, 2.24) is 9.97 Å². The minimum Gasteiger partial charge on any atom is -1.00 e. The van der Waals surface area contributed by atoms with Gasteiger partial charge in [0.25, 0.3) is 5.91 Å². The number of hydrogen-bond acceptors (Lipinski definition) is 4. The van der Waals surface area contributed by atoms with E-state index in [0.29, 0.717) is 10.8 Å². The second-order valence-corrected chi connectivity index (χ2v) is 9.76. The highest BCUT2D eigenvalue weighted by Crippen LogP contribution is 2.26. The van der Waals surface area contributed by atoms with Crippen LogP contribution in [0.4, 0.5) is 5.13 Å². The van der Waals surface area contributed by atoms with Gasteiger partial charge < -0.3 is 17.0 Å². The molecule has 7 heteroatoms. The summed E-state index contributed by atoms with van der Waals surface area (Å²) in [6, 6.07) is 20.2. The Bertz CT molecular complexity index is 1070. The van der Waals surface area contributed by atoms with Gasteiger partial charge in [0.1, 0.15) is 5.69 Å². The highest BCUT2D eigenvalue weighted by molar-refractivity contribution is 7.22. The summed E-state index contributed by atoms with van der Waals surface area (Å²) in [5, 5.41) is 3.45. The number of thiazole rings is 1. The number of fused-ring (bicyclic) bond motifs is 1. The lowest BCUT2D eigenvalue weighted by Crippen LogP contribution is -3.61. The van der Waals surface area contributed by atoms with E-state index in [2.05, 4.69) is 33.5 Å². The van der Waals surface area contributed by atoms with E-state index in [9.17, 15) is 4.79 Å². The first-order valence-corrected chi connectivity index (χ1v) is 11.0. The Balaban J connectivity index is 0.00000210. The van der Waals surface area contributed by atoms with Gasteiger partial charge in [-0.25, -0.2) is 9.97 Å². The van der Waals surface area contributed by atoms with Gasteiger partial charge in [-0.05, 0) is 48.9 Å². The summed E-state index contributed by atoms with van der Waals surface area (Å²) in [5.74, 6) is -0.231. The minimum absolute atomic E-state index is 0. The van der Waals surface area contributed by atoms with Gasteiger partial charge in [0.2, 0.25) is 3.57 Å². The van der Waals surface area contributed by atoms with Crippen LogP contribution < -0.4 is 43.5 Å². The van der Waals surface area contributed by atoms with Crippen molar-refractivity contribution in [1.29, 1.82) is 0 Å². The molecular formula is C20H15BrIN3OS. The first kappa shape index (κ1) is 19.9. The van der Waals surface area contributed by atoms with Crippen LogP contribution in [0, 0.1) is 14.1 Å². The Morgan fingerprint density at radius 2 is 1.85 bits per heavy atom. The minimum atomic E-state index is -0.275. The Morgan fingerprint density at radius 3 is 2.59 bits per heavy atom. The molecule has 0 aliphatic heterocycles. The number of nitrogens with zero attached hydrogens (tertiary/aromatic N) is 2. The molecule has 0 bridgehead atoms. The fourth-order valence-corrected chi connectivity index (χ4v) is 5.51. The Kier molecular flexibility index (Phi) is 6.56. The second kappa shape index (κ2) is 8.90. The van der Waals surface area contributed by atoms with Crippen molar-refractivity contribution >= 4 is 32.6 Å². The number of anilines is 1. The molecule has 1 amide bonds. The van der Waals surface area contributed by atoms with Crippen molar-refractivity contribution in [2.75, 3.05) is 5.32 Å². The summed E-state index contributed by atoms with van der Waals surface area (Å²) in [4.78, 5) is 21.2. The lowest BCUT2D eigenvalue weighted by atomic mass is 10.2. The molecule has 136 valence electrons. The molecule has 4 nitrogen and oxygen atoms in total. The molecule has 0 atom stereocenters. The number of hydrogen-bond donors (Lipinski definition) is 1. The molecule has 1 N–H and O–H groups in total. The molecule has 4 aromatic rings. The average Bonchev–Trinajstić information content (AvgIpc) is 3.04. The van der Waals surface area contributed by atoms with Crippen LogP contribution in [0.25, 0.3) is 10.2 Å². The van der Waals surface area contributed by atoms with Crippen molar-refractivity contribution in [2.24, 2.45) is 0 Å². The number of carbonyl (C=O) groups excluding carboxylic acids is 1. The second-order valence-electron chi connectivity index (χ2n) is 5.70. The van der Waals surface area contributed by atoms with Gasteiger partial charge in [-0.3, -0.25) is 10.1 Å². The van der Waals surface area contributed by atoms with Crippen LogP contribution in [-0.4, -0.2) is 15.9 Å². The fraction of sp³-hybridized carbons (Fsp3) is 0.0500.